The van der Waals surface area contributed by atoms with E-state index >= 15 is 0 Å². The molecule has 0 aliphatic heterocycles. The maximum absolute atomic E-state index is 12.3. The van der Waals surface area contributed by atoms with Crippen molar-refractivity contribution in [3.63, 3.8) is 0 Å². The third kappa shape index (κ3) is 4.68. The Hall–Kier alpha value is -2.14. The number of aromatic nitrogens is 2. The molecule has 3 N–H and O–H groups in total. The standard InChI is InChI=1S/C19H27N3O2/c1-13(19-14(2)21-22-15(19)3)11-18(24)20-12-17(9-10-23)16-7-5-4-6-8-16/h4-8,13,17,23H,9-12H2,1-3H3,(H,20,24)(H,21,22). The van der Waals surface area contributed by atoms with Crippen LogP contribution in [-0.2, 0) is 4.79 Å². The van der Waals surface area contributed by atoms with Crippen LogP contribution in [0.15, 0.2) is 30.3 Å². The van der Waals surface area contributed by atoms with Gasteiger partial charge >= 0.3 is 0 Å². The normalized spacial score (nSPS) is 13.5. The van der Waals surface area contributed by atoms with Gasteiger partial charge in [0.05, 0.1) is 5.69 Å². The Labute approximate surface area is 143 Å². The molecule has 130 valence electrons. The van der Waals surface area contributed by atoms with Crippen LogP contribution in [0.4, 0.5) is 0 Å². The lowest BCUT2D eigenvalue weighted by Gasteiger charge is -2.18. The summed E-state index contributed by atoms with van der Waals surface area (Å²) in [4.78, 5) is 12.3. The fourth-order valence-corrected chi connectivity index (χ4v) is 3.24. The molecule has 2 unspecified atom stereocenters. The first kappa shape index (κ1) is 18.2. The summed E-state index contributed by atoms with van der Waals surface area (Å²) >= 11 is 0. The lowest BCUT2D eigenvalue weighted by atomic mass is 9.94. The van der Waals surface area contributed by atoms with Crippen molar-refractivity contribution in [2.45, 2.75) is 45.4 Å². The van der Waals surface area contributed by atoms with Gasteiger partial charge in [0.2, 0.25) is 5.91 Å². The second-order valence-corrected chi connectivity index (χ2v) is 6.38. The molecule has 0 bridgehead atoms. The number of aliphatic hydroxyl groups is 1. The average molecular weight is 329 g/mol. The van der Waals surface area contributed by atoms with Crippen molar-refractivity contribution in [3.8, 4) is 0 Å². The number of benzene rings is 1. The molecule has 5 nitrogen and oxygen atoms in total. The van der Waals surface area contributed by atoms with Gasteiger partial charge in [-0.05, 0) is 37.3 Å². The number of H-pyrrole nitrogens is 1. The molecule has 2 aromatic rings. The van der Waals surface area contributed by atoms with Crippen molar-refractivity contribution in [1.29, 1.82) is 0 Å². The summed E-state index contributed by atoms with van der Waals surface area (Å²) in [5, 5.41) is 19.5. The largest absolute Gasteiger partial charge is 0.396 e. The second kappa shape index (κ2) is 8.64. The quantitative estimate of drug-likeness (QED) is 0.697. The molecule has 2 atom stereocenters. The first-order valence-electron chi connectivity index (χ1n) is 8.46. The van der Waals surface area contributed by atoms with Crippen molar-refractivity contribution in [2.75, 3.05) is 13.2 Å². The Bertz CT molecular complexity index is 632. The van der Waals surface area contributed by atoms with Crippen LogP contribution in [0, 0.1) is 13.8 Å². The molecule has 1 amide bonds. The molecule has 0 fully saturated rings. The Balaban J connectivity index is 1.91. The zero-order chi connectivity index (χ0) is 17.5. The number of aromatic amines is 1. The van der Waals surface area contributed by atoms with Crippen molar-refractivity contribution < 1.29 is 9.90 Å². The van der Waals surface area contributed by atoms with Crippen LogP contribution < -0.4 is 5.32 Å². The van der Waals surface area contributed by atoms with Crippen LogP contribution in [-0.4, -0.2) is 34.4 Å². The van der Waals surface area contributed by atoms with Crippen LogP contribution >= 0.6 is 0 Å². The minimum absolute atomic E-state index is 0.0290. The monoisotopic (exact) mass is 329 g/mol. The highest BCUT2D eigenvalue weighted by Crippen LogP contribution is 2.24. The summed E-state index contributed by atoms with van der Waals surface area (Å²) in [6.07, 6.45) is 1.07. The fraction of sp³-hybridized carbons (Fsp3) is 0.474. The maximum atomic E-state index is 12.3. The topological polar surface area (TPSA) is 78.0 Å². The van der Waals surface area contributed by atoms with E-state index in [-0.39, 0.29) is 24.3 Å². The summed E-state index contributed by atoms with van der Waals surface area (Å²) in [5.41, 5.74) is 4.24. The Morgan fingerprint density at radius 2 is 2.00 bits per heavy atom. The number of nitrogens with zero attached hydrogens (tertiary/aromatic N) is 1. The van der Waals surface area contributed by atoms with Crippen LogP contribution in [0.2, 0.25) is 0 Å². The van der Waals surface area contributed by atoms with Gasteiger partial charge in [-0.2, -0.15) is 5.10 Å². The van der Waals surface area contributed by atoms with E-state index in [9.17, 15) is 9.90 Å². The third-order valence-electron chi connectivity index (χ3n) is 4.46. The van der Waals surface area contributed by atoms with Crippen LogP contribution in [0.3, 0.4) is 0 Å². The summed E-state index contributed by atoms with van der Waals surface area (Å²) in [6.45, 7) is 6.64. The van der Waals surface area contributed by atoms with Gasteiger partial charge in [-0.25, -0.2) is 0 Å². The summed E-state index contributed by atoms with van der Waals surface area (Å²) in [5.74, 6) is 0.283. The van der Waals surface area contributed by atoms with Crippen molar-refractivity contribution in [3.05, 3.63) is 52.8 Å². The smallest absolute Gasteiger partial charge is 0.220 e. The van der Waals surface area contributed by atoms with Crippen molar-refractivity contribution >= 4 is 5.91 Å². The number of nitrogens with one attached hydrogen (secondary N) is 2. The van der Waals surface area contributed by atoms with E-state index in [0.29, 0.717) is 19.4 Å². The number of rotatable bonds is 8. The molecular weight excluding hydrogens is 302 g/mol. The molecule has 0 aliphatic rings. The van der Waals surface area contributed by atoms with E-state index in [0.717, 1.165) is 22.5 Å². The van der Waals surface area contributed by atoms with Gasteiger partial charge in [0, 0.05) is 31.2 Å². The van der Waals surface area contributed by atoms with Crippen molar-refractivity contribution in [1.82, 2.24) is 15.5 Å². The van der Waals surface area contributed by atoms with Crippen LogP contribution in [0.1, 0.15) is 54.1 Å². The molecule has 5 heteroatoms. The van der Waals surface area contributed by atoms with E-state index in [2.05, 4.69) is 15.5 Å². The van der Waals surface area contributed by atoms with Gasteiger partial charge in [0.25, 0.3) is 0 Å². The van der Waals surface area contributed by atoms with Gasteiger partial charge in [0.1, 0.15) is 0 Å². The number of aryl methyl sites for hydroxylation is 2. The number of hydrogen-bond donors (Lipinski definition) is 3. The van der Waals surface area contributed by atoms with E-state index < -0.39 is 0 Å². The highest BCUT2D eigenvalue weighted by molar-refractivity contribution is 5.77. The van der Waals surface area contributed by atoms with Crippen LogP contribution in [0.5, 0.6) is 0 Å². The number of hydrogen-bond acceptors (Lipinski definition) is 3. The van der Waals surface area contributed by atoms with Gasteiger partial charge < -0.3 is 10.4 Å². The number of aliphatic hydroxyl groups excluding tert-OH is 1. The predicted molar refractivity (Wildman–Crippen MR) is 95.0 cm³/mol. The molecule has 0 aliphatic carbocycles. The minimum atomic E-state index is 0.0290. The molecule has 2 rings (SSSR count). The summed E-state index contributed by atoms with van der Waals surface area (Å²) in [6, 6.07) is 10.00. The van der Waals surface area contributed by atoms with E-state index in [4.69, 9.17) is 0 Å². The SMILES string of the molecule is Cc1n[nH]c(C)c1C(C)CC(=O)NCC(CCO)c1ccccc1. The van der Waals surface area contributed by atoms with Crippen molar-refractivity contribution in [2.24, 2.45) is 0 Å². The summed E-state index contributed by atoms with van der Waals surface area (Å²) in [7, 11) is 0. The number of carbonyl (C=O) groups excluding carboxylic acids is 1. The number of carbonyl (C=O) groups is 1. The third-order valence-corrected chi connectivity index (χ3v) is 4.46. The van der Waals surface area contributed by atoms with E-state index in [1.165, 1.54) is 0 Å². The Morgan fingerprint density at radius 1 is 1.29 bits per heavy atom. The zero-order valence-electron chi connectivity index (χ0n) is 14.7. The summed E-state index contributed by atoms with van der Waals surface area (Å²) < 4.78 is 0. The molecule has 24 heavy (non-hydrogen) atoms. The lowest BCUT2D eigenvalue weighted by molar-refractivity contribution is -0.121. The molecule has 1 aromatic carbocycles. The maximum Gasteiger partial charge on any atom is 0.220 e. The van der Waals surface area contributed by atoms with Gasteiger partial charge in [-0.15, -0.1) is 0 Å². The van der Waals surface area contributed by atoms with E-state index in [1.807, 2.05) is 51.1 Å². The molecular formula is C19H27N3O2. The molecule has 1 heterocycles. The average Bonchev–Trinajstić information content (AvgIpc) is 2.91. The van der Waals surface area contributed by atoms with Gasteiger partial charge in [0.15, 0.2) is 0 Å². The molecule has 0 radical (unpaired) electrons. The molecule has 0 saturated carbocycles. The molecule has 0 spiro atoms. The van der Waals surface area contributed by atoms with Crippen LogP contribution in [0.25, 0.3) is 0 Å². The Kier molecular flexibility index (Phi) is 6.55. The van der Waals surface area contributed by atoms with Gasteiger partial charge in [-0.3, -0.25) is 9.89 Å². The van der Waals surface area contributed by atoms with Gasteiger partial charge in [-0.1, -0.05) is 37.3 Å². The second-order valence-electron chi connectivity index (χ2n) is 6.38. The first-order valence-corrected chi connectivity index (χ1v) is 8.46. The molecule has 0 saturated heterocycles. The molecule has 1 aromatic heterocycles. The lowest BCUT2D eigenvalue weighted by Crippen LogP contribution is -2.29. The predicted octanol–water partition coefficient (Wildman–Crippen LogP) is 2.80. The Morgan fingerprint density at radius 3 is 2.58 bits per heavy atom. The fourth-order valence-electron chi connectivity index (χ4n) is 3.24. The van der Waals surface area contributed by atoms with E-state index in [1.54, 1.807) is 0 Å². The number of amides is 1. The minimum Gasteiger partial charge on any atom is -0.396 e. The zero-order valence-corrected chi connectivity index (χ0v) is 14.7. The highest BCUT2D eigenvalue weighted by atomic mass is 16.3. The first-order chi connectivity index (χ1) is 11.5. The highest BCUT2D eigenvalue weighted by Gasteiger charge is 2.18.